The fourth-order valence-corrected chi connectivity index (χ4v) is 2.03. The van der Waals surface area contributed by atoms with Crippen LogP contribution in [0.15, 0.2) is 36.8 Å². The molecule has 0 N–H and O–H groups in total. The molecule has 0 aliphatic rings. The van der Waals surface area contributed by atoms with Crippen LogP contribution >= 0.6 is 11.6 Å². The van der Waals surface area contributed by atoms with Crippen LogP contribution in [0.1, 0.15) is 5.56 Å². The largest absolute Gasteiger partial charge is 0.497 e. The van der Waals surface area contributed by atoms with Crippen molar-refractivity contribution in [2.24, 2.45) is 0 Å². The van der Waals surface area contributed by atoms with E-state index in [4.69, 9.17) is 16.3 Å². The first kappa shape index (κ1) is 11.9. The maximum Gasteiger partial charge on any atom is 0.160 e. The van der Waals surface area contributed by atoms with Gasteiger partial charge in [-0.2, -0.15) is 5.10 Å². The van der Waals surface area contributed by atoms with Gasteiger partial charge in [0.15, 0.2) is 5.15 Å². The normalized spacial score (nSPS) is 10.8. The Morgan fingerprint density at radius 1 is 1.21 bits per heavy atom. The van der Waals surface area contributed by atoms with Crippen LogP contribution in [-0.4, -0.2) is 26.9 Å². The highest BCUT2D eigenvalue weighted by atomic mass is 35.5. The average molecular weight is 275 g/mol. The molecule has 3 aromatic rings. The lowest BCUT2D eigenvalue weighted by Crippen LogP contribution is -1.99. The van der Waals surface area contributed by atoms with Crippen molar-refractivity contribution in [1.82, 2.24) is 19.7 Å². The second kappa shape index (κ2) is 4.85. The minimum atomic E-state index is 0.374. The Hall–Kier alpha value is -2.14. The van der Waals surface area contributed by atoms with Crippen molar-refractivity contribution < 1.29 is 4.74 Å². The molecule has 0 bridgehead atoms. The fraction of sp³-hybridized carbons (Fsp3) is 0.154. The lowest BCUT2D eigenvalue weighted by atomic mass is 10.2. The molecule has 2 heterocycles. The van der Waals surface area contributed by atoms with Crippen LogP contribution < -0.4 is 4.74 Å². The van der Waals surface area contributed by atoms with Gasteiger partial charge in [0.1, 0.15) is 23.1 Å². The highest BCUT2D eigenvalue weighted by Crippen LogP contribution is 2.18. The number of rotatable bonds is 3. The number of ether oxygens (including phenoxy) is 1. The number of benzene rings is 1. The molecule has 96 valence electrons. The van der Waals surface area contributed by atoms with Crippen LogP contribution in [0.2, 0.25) is 5.15 Å². The third-order valence-electron chi connectivity index (χ3n) is 2.81. The molecule has 0 saturated carbocycles. The van der Waals surface area contributed by atoms with E-state index in [-0.39, 0.29) is 0 Å². The summed E-state index contributed by atoms with van der Waals surface area (Å²) in [5.74, 6) is 0.836. The van der Waals surface area contributed by atoms with Gasteiger partial charge in [-0.1, -0.05) is 23.7 Å². The number of nitrogens with zero attached hydrogens (tertiary/aromatic N) is 4. The molecule has 3 rings (SSSR count). The van der Waals surface area contributed by atoms with Crippen molar-refractivity contribution >= 4 is 22.6 Å². The molecule has 0 aliphatic heterocycles. The van der Waals surface area contributed by atoms with Crippen molar-refractivity contribution in [2.75, 3.05) is 7.11 Å². The van der Waals surface area contributed by atoms with Gasteiger partial charge in [0, 0.05) is 0 Å². The molecule has 0 aliphatic carbocycles. The molecule has 0 atom stereocenters. The molecule has 0 unspecified atom stereocenters. The fourth-order valence-electron chi connectivity index (χ4n) is 1.85. The first-order valence-corrected chi connectivity index (χ1v) is 6.10. The number of halogens is 1. The Labute approximate surface area is 114 Å². The predicted molar refractivity (Wildman–Crippen MR) is 72.4 cm³/mol. The molecule has 1 aromatic carbocycles. The number of aromatic nitrogens is 4. The quantitative estimate of drug-likeness (QED) is 0.689. The third-order valence-corrected chi connectivity index (χ3v) is 3.09. The van der Waals surface area contributed by atoms with E-state index in [2.05, 4.69) is 15.1 Å². The molecule has 0 fully saturated rings. The Balaban J connectivity index is 1.90. The topological polar surface area (TPSA) is 52.8 Å². The number of methoxy groups -OCH3 is 1. The summed E-state index contributed by atoms with van der Waals surface area (Å²) < 4.78 is 6.92. The van der Waals surface area contributed by atoms with Gasteiger partial charge >= 0.3 is 0 Å². The van der Waals surface area contributed by atoms with Crippen molar-refractivity contribution in [2.45, 2.75) is 6.54 Å². The molecule has 0 radical (unpaired) electrons. The first-order valence-electron chi connectivity index (χ1n) is 5.73. The Morgan fingerprint density at radius 3 is 2.68 bits per heavy atom. The van der Waals surface area contributed by atoms with E-state index in [0.717, 1.165) is 16.8 Å². The molecule has 2 aromatic heterocycles. The lowest BCUT2D eigenvalue weighted by Gasteiger charge is -2.03. The van der Waals surface area contributed by atoms with E-state index in [1.54, 1.807) is 11.8 Å². The number of hydrogen-bond acceptors (Lipinski definition) is 4. The zero-order valence-electron chi connectivity index (χ0n) is 10.2. The molecule has 5 nitrogen and oxygen atoms in total. The zero-order valence-corrected chi connectivity index (χ0v) is 11.0. The Bertz CT molecular complexity index is 708. The van der Waals surface area contributed by atoms with Gasteiger partial charge < -0.3 is 4.74 Å². The molecule has 0 amide bonds. The van der Waals surface area contributed by atoms with Crippen molar-refractivity contribution in [3.8, 4) is 5.75 Å². The average Bonchev–Trinajstić information content (AvgIpc) is 2.84. The van der Waals surface area contributed by atoms with Crippen LogP contribution in [0.4, 0.5) is 0 Å². The van der Waals surface area contributed by atoms with Crippen LogP contribution in [0.3, 0.4) is 0 Å². The van der Waals surface area contributed by atoms with Gasteiger partial charge in [-0.25, -0.2) is 9.97 Å². The van der Waals surface area contributed by atoms with Gasteiger partial charge in [-0.05, 0) is 17.7 Å². The van der Waals surface area contributed by atoms with E-state index >= 15 is 0 Å². The van der Waals surface area contributed by atoms with Crippen molar-refractivity contribution in [1.29, 1.82) is 0 Å². The maximum atomic E-state index is 5.97. The molecule has 0 saturated heterocycles. The van der Waals surface area contributed by atoms with Crippen LogP contribution in [0, 0.1) is 0 Å². The maximum absolute atomic E-state index is 5.97. The summed E-state index contributed by atoms with van der Waals surface area (Å²) in [5.41, 5.74) is 2.49. The summed E-state index contributed by atoms with van der Waals surface area (Å²) in [4.78, 5) is 8.05. The highest BCUT2D eigenvalue weighted by molar-refractivity contribution is 6.33. The van der Waals surface area contributed by atoms with Crippen molar-refractivity contribution in [3.05, 3.63) is 47.5 Å². The van der Waals surface area contributed by atoms with Crippen molar-refractivity contribution in [3.63, 3.8) is 0 Å². The summed E-state index contributed by atoms with van der Waals surface area (Å²) >= 11 is 5.97. The molecular formula is C13H11ClN4O. The highest BCUT2D eigenvalue weighted by Gasteiger charge is 2.07. The summed E-state index contributed by atoms with van der Waals surface area (Å²) in [5, 5.41) is 4.75. The third kappa shape index (κ3) is 2.37. The van der Waals surface area contributed by atoms with Crippen LogP contribution in [0.5, 0.6) is 5.75 Å². The molecule has 0 spiro atoms. The van der Waals surface area contributed by atoms with Gasteiger partial charge in [0.25, 0.3) is 0 Å². The van der Waals surface area contributed by atoms with Gasteiger partial charge in [-0.3, -0.25) is 4.68 Å². The molecular weight excluding hydrogens is 264 g/mol. The standard InChI is InChI=1S/C13H11ClN4O/c1-19-10-4-2-9(3-5-10)6-18-7-11-12(17-18)13(14)16-8-15-11/h2-5,7-8H,6H2,1H3. The number of fused-ring (bicyclic) bond motifs is 1. The van der Waals surface area contributed by atoms with Crippen LogP contribution in [-0.2, 0) is 6.54 Å². The van der Waals surface area contributed by atoms with Crippen LogP contribution in [0.25, 0.3) is 11.0 Å². The zero-order chi connectivity index (χ0) is 13.2. The van der Waals surface area contributed by atoms with Gasteiger partial charge in [0.05, 0.1) is 19.9 Å². The number of hydrogen-bond donors (Lipinski definition) is 0. The van der Waals surface area contributed by atoms with E-state index in [1.807, 2.05) is 30.5 Å². The summed E-state index contributed by atoms with van der Waals surface area (Å²) in [6, 6.07) is 7.84. The molecule has 19 heavy (non-hydrogen) atoms. The predicted octanol–water partition coefficient (Wildman–Crippen LogP) is 2.54. The van der Waals surface area contributed by atoms with E-state index < -0.39 is 0 Å². The van der Waals surface area contributed by atoms with Gasteiger partial charge in [0.2, 0.25) is 0 Å². The summed E-state index contributed by atoms with van der Waals surface area (Å²) in [6.45, 7) is 0.649. The minimum Gasteiger partial charge on any atom is -0.497 e. The second-order valence-electron chi connectivity index (χ2n) is 4.07. The SMILES string of the molecule is COc1ccc(Cn2cc3ncnc(Cl)c3n2)cc1. The Kier molecular flexibility index (Phi) is 3.05. The summed E-state index contributed by atoms with van der Waals surface area (Å²) in [6.07, 6.45) is 3.29. The second-order valence-corrected chi connectivity index (χ2v) is 4.43. The van der Waals surface area contributed by atoms with E-state index in [9.17, 15) is 0 Å². The smallest absolute Gasteiger partial charge is 0.160 e. The van der Waals surface area contributed by atoms with Gasteiger partial charge in [-0.15, -0.1) is 0 Å². The van der Waals surface area contributed by atoms with E-state index in [1.165, 1.54) is 6.33 Å². The lowest BCUT2D eigenvalue weighted by molar-refractivity contribution is 0.414. The Morgan fingerprint density at radius 2 is 2.00 bits per heavy atom. The monoisotopic (exact) mass is 274 g/mol. The molecule has 6 heteroatoms. The minimum absolute atomic E-state index is 0.374. The first-order chi connectivity index (χ1) is 9.26. The summed E-state index contributed by atoms with van der Waals surface area (Å²) in [7, 11) is 1.65. The van der Waals surface area contributed by atoms with E-state index in [0.29, 0.717) is 17.2 Å².